The van der Waals surface area contributed by atoms with E-state index in [-0.39, 0.29) is 23.3 Å². The van der Waals surface area contributed by atoms with E-state index in [0.29, 0.717) is 41.3 Å². The van der Waals surface area contributed by atoms with Gasteiger partial charge in [-0.15, -0.1) is 0 Å². The normalized spacial score (nSPS) is 41.9. The number of nitrogens with two attached hydrogens (primary N) is 2. The summed E-state index contributed by atoms with van der Waals surface area (Å²) in [4.78, 5) is 4.40. The van der Waals surface area contributed by atoms with Crippen molar-refractivity contribution in [1.29, 1.82) is 0 Å². The van der Waals surface area contributed by atoms with E-state index >= 15 is 0 Å². The van der Waals surface area contributed by atoms with E-state index in [0.717, 1.165) is 19.3 Å². The molecule has 0 aromatic carbocycles. The van der Waals surface area contributed by atoms with Crippen molar-refractivity contribution in [2.75, 3.05) is 12.3 Å². The van der Waals surface area contributed by atoms with Gasteiger partial charge in [-0.05, 0) is 119 Å². The average molecular weight is 510 g/mol. The molecule has 6 aliphatic rings. The van der Waals surface area contributed by atoms with Gasteiger partial charge in [0.1, 0.15) is 5.82 Å². The number of hydrogen-bond acceptors (Lipinski definition) is 5. The summed E-state index contributed by atoms with van der Waals surface area (Å²) < 4.78 is 7.61. The Morgan fingerprint density at radius 1 is 1.00 bits per heavy atom. The molecule has 5 heteroatoms. The Kier molecular flexibility index (Phi) is 6.89. The van der Waals surface area contributed by atoms with Gasteiger partial charge in [0.05, 0.1) is 11.2 Å². The summed E-state index contributed by atoms with van der Waals surface area (Å²) in [5.41, 5.74) is 14.5. The molecule has 0 amide bonds. The van der Waals surface area contributed by atoms with Crippen molar-refractivity contribution in [1.82, 2.24) is 4.98 Å². The molecular weight excluding hydrogens is 458 g/mol. The van der Waals surface area contributed by atoms with Crippen LogP contribution in [0.1, 0.15) is 115 Å². The van der Waals surface area contributed by atoms with E-state index < -0.39 is 0 Å². The zero-order valence-electron chi connectivity index (χ0n) is 23.2. The zero-order valence-corrected chi connectivity index (χ0v) is 23.2. The van der Waals surface area contributed by atoms with Crippen molar-refractivity contribution in [3.8, 4) is 0 Å². The van der Waals surface area contributed by atoms with Crippen LogP contribution in [0.3, 0.4) is 0 Å². The van der Waals surface area contributed by atoms with Gasteiger partial charge in [-0.2, -0.15) is 0 Å². The Bertz CT molecular complexity index is 940. The highest BCUT2D eigenvalue weighted by atomic mass is 16.5. The first-order chi connectivity index (χ1) is 17.8. The molecule has 3 heterocycles. The molecule has 6 atom stereocenters. The maximum atomic E-state index is 10.1. The Balaban J connectivity index is 1.33. The van der Waals surface area contributed by atoms with Gasteiger partial charge in [-0.1, -0.05) is 38.2 Å². The molecule has 37 heavy (non-hydrogen) atoms. The smallest absolute Gasteiger partial charge is 0.123 e. The highest BCUT2D eigenvalue weighted by Gasteiger charge is 2.66. The third-order valence-corrected chi connectivity index (χ3v) is 12.1. The molecular formula is C32H51N3O2. The number of aliphatic hydroxyl groups excluding tert-OH is 1. The first-order valence-electron chi connectivity index (χ1n) is 15.6. The lowest BCUT2D eigenvalue weighted by Gasteiger charge is -2.68. The lowest BCUT2D eigenvalue weighted by atomic mass is 9.49. The SMILES string of the molecule is C[C@]1(C2CCCCC2)O[C@@]2([C@@H]3C[C@@H](Cc4ccc(N)nc4)CC4(CCCC4)C3)CC[C@@H]1[C@](N)(CCO)C2. The molecule has 0 radical (unpaired) electrons. The van der Waals surface area contributed by atoms with Crippen LogP contribution in [0.2, 0.25) is 0 Å². The summed E-state index contributed by atoms with van der Waals surface area (Å²) in [6.07, 6.45) is 23.0. The molecule has 2 saturated heterocycles. The number of nitrogen functional groups attached to an aromatic ring is 1. The summed E-state index contributed by atoms with van der Waals surface area (Å²) >= 11 is 0. The second-order valence-corrected chi connectivity index (χ2v) is 14.4. The van der Waals surface area contributed by atoms with E-state index in [1.165, 1.54) is 89.0 Å². The highest BCUT2D eigenvalue weighted by molar-refractivity contribution is 5.29. The van der Waals surface area contributed by atoms with E-state index in [1.54, 1.807) is 0 Å². The highest BCUT2D eigenvalue weighted by Crippen LogP contribution is 2.65. The number of nitrogens with zero attached hydrogens (tertiary/aromatic N) is 1. The van der Waals surface area contributed by atoms with Crippen LogP contribution in [-0.2, 0) is 11.2 Å². The number of anilines is 1. The molecule has 2 bridgehead atoms. The van der Waals surface area contributed by atoms with E-state index in [9.17, 15) is 5.11 Å². The molecule has 6 fully saturated rings. The van der Waals surface area contributed by atoms with Gasteiger partial charge in [0, 0.05) is 24.3 Å². The van der Waals surface area contributed by atoms with Gasteiger partial charge in [0.2, 0.25) is 0 Å². The molecule has 7 rings (SSSR count). The molecule has 1 spiro atoms. The Labute approximate surface area is 224 Å². The average Bonchev–Trinajstić information content (AvgIpc) is 3.32. The molecule has 5 nitrogen and oxygen atoms in total. The van der Waals surface area contributed by atoms with Crippen LogP contribution < -0.4 is 11.5 Å². The maximum absolute atomic E-state index is 10.1. The van der Waals surface area contributed by atoms with Crippen LogP contribution in [0.5, 0.6) is 0 Å². The van der Waals surface area contributed by atoms with E-state index in [2.05, 4.69) is 18.0 Å². The van der Waals surface area contributed by atoms with Gasteiger partial charge >= 0.3 is 0 Å². The fraction of sp³-hybridized carbons (Fsp3) is 0.844. The monoisotopic (exact) mass is 509 g/mol. The summed E-state index contributed by atoms with van der Waals surface area (Å²) in [5.74, 6) is 2.78. The first kappa shape index (κ1) is 26.1. The Morgan fingerprint density at radius 2 is 1.78 bits per heavy atom. The predicted molar refractivity (Wildman–Crippen MR) is 149 cm³/mol. The first-order valence-corrected chi connectivity index (χ1v) is 15.6. The second kappa shape index (κ2) is 9.78. The second-order valence-electron chi connectivity index (χ2n) is 14.4. The fourth-order valence-electron chi connectivity index (χ4n) is 10.6. The van der Waals surface area contributed by atoms with Crippen LogP contribution in [0.25, 0.3) is 0 Å². The summed E-state index contributed by atoms with van der Waals surface area (Å²) in [6, 6.07) is 4.14. The number of hydrogen-bond donors (Lipinski definition) is 3. The fourth-order valence-corrected chi connectivity index (χ4v) is 10.6. The van der Waals surface area contributed by atoms with Crippen LogP contribution in [0, 0.1) is 29.1 Å². The van der Waals surface area contributed by atoms with Crippen LogP contribution in [-0.4, -0.2) is 33.4 Å². The van der Waals surface area contributed by atoms with Crippen molar-refractivity contribution in [2.45, 2.75) is 133 Å². The van der Waals surface area contributed by atoms with Crippen molar-refractivity contribution in [2.24, 2.45) is 34.8 Å². The summed E-state index contributed by atoms with van der Waals surface area (Å²) in [6.45, 7) is 2.62. The van der Waals surface area contributed by atoms with Crippen molar-refractivity contribution >= 4 is 5.82 Å². The number of aromatic nitrogens is 1. The molecule has 1 aromatic rings. The molecule has 206 valence electrons. The minimum Gasteiger partial charge on any atom is -0.396 e. The molecule has 0 unspecified atom stereocenters. The van der Waals surface area contributed by atoms with Crippen LogP contribution in [0.15, 0.2) is 18.3 Å². The van der Waals surface area contributed by atoms with Crippen molar-refractivity contribution in [3.63, 3.8) is 0 Å². The summed E-state index contributed by atoms with van der Waals surface area (Å²) in [7, 11) is 0. The maximum Gasteiger partial charge on any atom is 0.123 e. The molecule has 1 aromatic heterocycles. The van der Waals surface area contributed by atoms with Crippen molar-refractivity contribution in [3.05, 3.63) is 23.9 Å². The van der Waals surface area contributed by atoms with Gasteiger partial charge in [-0.3, -0.25) is 0 Å². The number of aliphatic hydroxyl groups is 1. The predicted octanol–water partition coefficient (Wildman–Crippen LogP) is 6.17. The van der Waals surface area contributed by atoms with Crippen LogP contribution >= 0.6 is 0 Å². The lowest BCUT2D eigenvalue weighted by Crippen LogP contribution is -2.74. The zero-order chi connectivity index (χ0) is 25.7. The summed E-state index contributed by atoms with van der Waals surface area (Å²) in [5, 5.41) is 10.1. The molecule has 5 N–H and O–H groups in total. The Hall–Kier alpha value is -1.17. The number of rotatable bonds is 6. The number of pyridine rings is 1. The topological polar surface area (TPSA) is 94.4 Å². The number of fused-ring (bicyclic) bond motifs is 3. The minimum absolute atomic E-state index is 0.140. The largest absolute Gasteiger partial charge is 0.396 e. The molecule has 2 aliphatic heterocycles. The Morgan fingerprint density at radius 3 is 2.49 bits per heavy atom. The third-order valence-electron chi connectivity index (χ3n) is 12.1. The van der Waals surface area contributed by atoms with Gasteiger partial charge in [0.15, 0.2) is 0 Å². The van der Waals surface area contributed by atoms with Gasteiger partial charge in [-0.25, -0.2) is 4.98 Å². The standard InChI is InChI=1S/C32H51N3O2/c1-29(25-7-3-2-4-8-25)27-11-14-32(37-29,22-31(27,34)15-16-36)26-18-24(17-23-9-10-28(33)35-21-23)19-30(20-26)12-5-6-13-30/h9-10,21,24-27,36H,2-8,11-20,22,34H2,1H3,(H2,33,35)/t24-,26-,27+,29-,31+,32+/m1/s1. The lowest BCUT2D eigenvalue weighted by molar-refractivity contribution is -0.315. The molecule has 4 aliphatic carbocycles. The quantitative estimate of drug-likeness (QED) is 0.426. The molecule has 4 saturated carbocycles. The van der Waals surface area contributed by atoms with Crippen LogP contribution in [0.4, 0.5) is 5.82 Å². The third kappa shape index (κ3) is 4.65. The van der Waals surface area contributed by atoms with Crippen molar-refractivity contribution < 1.29 is 9.84 Å². The van der Waals surface area contributed by atoms with Gasteiger partial charge in [0.25, 0.3) is 0 Å². The van der Waals surface area contributed by atoms with E-state index in [1.807, 2.05) is 12.3 Å². The number of ether oxygens (including phenoxy) is 1. The minimum atomic E-state index is -0.311. The van der Waals surface area contributed by atoms with Gasteiger partial charge < -0.3 is 21.3 Å². The van der Waals surface area contributed by atoms with E-state index in [4.69, 9.17) is 16.2 Å².